The van der Waals surface area contributed by atoms with Gasteiger partial charge in [0.15, 0.2) is 0 Å². The summed E-state index contributed by atoms with van der Waals surface area (Å²) in [7, 11) is 0. The van der Waals surface area contributed by atoms with Gasteiger partial charge in [-0.1, -0.05) is 19.2 Å². The Bertz CT molecular complexity index is 208. The smallest absolute Gasteiger partial charge is 0.243 e. The van der Waals surface area contributed by atoms with Crippen molar-refractivity contribution in [3.05, 3.63) is 37.5 Å². The highest BCUT2D eigenvalue weighted by Gasteiger charge is 1.86. The third kappa shape index (κ3) is 49.3. The van der Waals surface area contributed by atoms with Crippen LogP contribution in [-0.2, 0) is 9.59 Å². The molecule has 0 rings (SSSR count). The van der Waals surface area contributed by atoms with Gasteiger partial charge in [0.25, 0.3) is 0 Å². The van der Waals surface area contributed by atoms with Crippen molar-refractivity contribution in [3.8, 4) is 0 Å². The van der Waals surface area contributed by atoms with Crippen molar-refractivity contribution in [2.45, 2.75) is 13.8 Å². The van der Waals surface area contributed by atoms with Crippen molar-refractivity contribution < 1.29 is 9.59 Å². The second-order valence-corrected chi connectivity index (χ2v) is 2.16. The molecule has 0 unspecified atom stereocenters. The van der Waals surface area contributed by atoms with Gasteiger partial charge in [-0.2, -0.15) is 0 Å². The van der Waals surface area contributed by atoms with Crippen molar-refractivity contribution in [1.82, 2.24) is 0 Å². The van der Waals surface area contributed by atoms with E-state index in [9.17, 15) is 9.59 Å². The first-order chi connectivity index (χ1) is 6.33. The quantitative estimate of drug-likeness (QED) is 0.510. The summed E-state index contributed by atoms with van der Waals surface area (Å²) >= 11 is 0. The molecule has 0 aromatic heterocycles. The van der Waals surface area contributed by atoms with Gasteiger partial charge in [0.1, 0.15) is 0 Å². The van der Waals surface area contributed by atoms with E-state index in [1.807, 2.05) is 6.92 Å². The Morgan fingerprint density at radius 3 is 1.36 bits per heavy atom. The molecule has 2 amide bonds. The van der Waals surface area contributed by atoms with Crippen LogP contribution in [0.2, 0.25) is 0 Å². The summed E-state index contributed by atoms with van der Waals surface area (Å²) < 4.78 is 0. The molecule has 0 fully saturated rings. The zero-order valence-electron chi connectivity index (χ0n) is 8.75. The normalized spacial score (nSPS) is 6.43. The fourth-order valence-corrected chi connectivity index (χ4v) is 0. The molecule has 0 aromatic carbocycles. The summed E-state index contributed by atoms with van der Waals surface area (Å²) in [6, 6.07) is 0. The molecule has 4 heteroatoms. The highest BCUT2D eigenvalue weighted by molar-refractivity contribution is 5.90. The van der Waals surface area contributed by atoms with E-state index < -0.39 is 11.8 Å². The molecule has 14 heavy (non-hydrogen) atoms. The Hall–Kier alpha value is -1.84. The van der Waals surface area contributed by atoms with Crippen LogP contribution < -0.4 is 11.5 Å². The van der Waals surface area contributed by atoms with Crippen LogP contribution in [0.4, 0.5) is 0 Å². The monoisotopic (exact) mass is 198 g/mol. The summed E-state index contributed by atoms with van der Waals surface area (Å²) in [5, 5.41) is 0. The van der Waals surface area contributed by atoms with Gasteiger partial charge < -0.3 is 11.5 Å². The number of hydrogen-bond acceptors (Lipinski definition) is 2. The predicted molar refractivity (Wildman–Crippen MR) is 59.3 cm³/mol. The summed E-state index contributed by atoms with van der Waals surface area (Å²) in [4.78, 5) is 19.3. The summed E-state index contributed by atoms with van der Waals surface area (Å²) in [5.74, 6) is -0.917. The molecule has 0 spiro atoms. The third-order valence-corrected chi connectivity index (χ3v) is 0.622. The summed E-state index contributed by atoms with van der Waals surface area (Å²) in [5.41, 5.74) is 9.63. The fourth-order valence-electron chi connectivity index (χ4n) is 0. The van der Waals surface area contributed by atoms with Gasteiger partial charge >= 0.3 is 0 Å². The highest BCUT2D eigenvalue weighted by Crippen LogP contribution is 1.78. The standard InChI is InChI=1S/C4H7NO.C3H5NO.C3H6/c1-3(2)4(5)6;1-2-3(4)5;1-3-2/h1H2,2H3,(H2,5,6);2H,1H2,(H2,4,5);3H,1H2,2H3. The van der Waals surface area contributed by atoms with Crippen LogP contribution in [0.5, 0.6) is 0 Å². The first kappa shape index (κ1) is 18.0. The van der Waals surface area contributed by atoms with E-state index in [0.717, 1.165) is 6.08 Å². The Kier molecular flexibility index (Phi) is 17.7. The molecule has 0 aliphatic rings. The zero-order chi connectivity index (χ0) is 12.1. The molecule has 0 saturated heterocycles. The molecule has 0 aliphatic carbocycles. The lowest BCUT2D eigenvalue weighted by Gasteiger charge is -1.81. The van der Waals surface area contributed by atoms with Crippen molar-refractivity contribution in [1.29, 1.82) is 0 Å². The minimum Gasteiger partial charge on any atom is -0.366 e. The van der Waals surface area contributed by atoms with Crippen LogP contribution in [-0.4, -0.2) is 11.8 Å². The van der Waals surface area contributed by atoms with E-state index in [0.29, 0.717) is 5.57 Å². The van der Waals surface area contributed by atoms with E-state index in [-0.39, 0.29) is 0 Å². The van der Waals surface area contributed by atoms with Gasteiger partial charge in [-0.15, -0.1) is 6.58 Å². The minimum absolute atomic E-state index is 0.398. The second kappa shape index (κ2) is 13.7. The van der Waals surface area contributed by atoms with Gasteiger partial charge in [0, 0.05) is 5.57 Å². The van der Waals surface area contributed by atoms with Gasteiger partial charge in [-0.25, -0.2) is 0 Å². The van der Waals surface area contributed by atoms with E-state index in [4.69, 9.17) is 5.73 Å². The summed E-state index contributed by atoms with van der Waals surface area (Å²) in [6.45, 7) is 13.2. The fraction of sp³-hybridized carbons (Fsp3) is 0.200. The zero-order valence-corrected chi connectivity index (χ0v) is 8.75. The van der Waals surface area contributed by atoms with Crippen LogP contribution >= 0.6 is 0 Å². The molecule has 4 nitrogen and oxygen atoms in total. The van der Waals surface area contributed by atoms with Crippen LogP contribution in [0.3, 0.4) is 0 Å². The Labute approximate surface area is 85.0 Å². The number of carbonyl (C=O) groups excluding carboxylic acids is 2. The van der Waals surface area contributed by atoms with Crippen molar-refractivity contribution in [2.75, 3.05) is 0 Å². The number of primary amides is 2. The third-order valence-electron chi connectivity index (χ3n) is 0.622. The molecule has 0 radical (unpaired) electrons. The number of amides is 2. The van der Waals surface area contributed by atoms with Gasteiger partial charge in [-0.05, 0) is 19.9 Å². The van der Waals surface area contributed by atoms with E-state index in [2.05, 4.69) is 25.5 Å². The van der Waals surface area contributed by atoms with E-state index in [1.165, 1.54) is 0 Å². The van der Waals surface area contributed by atoms with Gasteiger partial charge in [-0.3, -0.25) is 9.59 Å². The molecular formula is C10H18N2O2. The van der Waals surface area contributed by atoms with Crippen LogP contribution in [0.1, 0.15) is 13.8 Å². The molecular weight excluding hydrogens is 180 g/mol. The number of hydrogen-bond donors (Lipinski definition) is 2. The first-order valence-electron chi connectivity index (χ1n) is 3.77. The first-order valence-corrected chi connectivity index (χ1v) is 3.77. The minimum atomic E-state index is -0.481. The lowest BCUT2D eigenvalue weighted by molar-refractivity contribution is -0.115. The molecule has 0 aliphatic heterocycles. The summed E-state index contributed by atoms with van der Waals surface area (Å²) in [6.07, 6.45) is 2.81. The maximum absolute atomic E-state index is 9.82. The molecule has 4 N–H and O–H groups in total. The molecule has 0 aromatic rings. The van der Waals surface area contributed by atoms with Gasteiger partial charge in [0.05, 0.1) is 0 Å². The molecule has 80 valence electrons. The van der Waals surface area contributed by atoms with Crippen molar-refractivity contribution in [3.63, 3.8) is 0 Å². The Morgan fingerprint density at radius 1 is 1.21 bits per heavy atom. The number of allylic oxidation sites excluding steroid dienone is 1. The average molecular weight is 198 g/mol. The topological polar surface area (TPSA) is 86.2 Å². The molecule has 0 heterocycles. The Balaban J connectivity index is -0.000000138. The van der Waals surface area contributed by atoms with Crippen molar-refractivity contribution in [2.24, 2.45) is 11.5 Å². The number of rotatable bonds is 2. The molecule has 0 atom stereocenters. The Morgan fingerprint density at radius 2 is 1.36 bits per heavy atom. The largest absolute Gasteiger partial charge is 0.366 e. The maximum atomic E-state index is 9.82. The van der Waals surface area contributed by atoms with E-state index in [1.54, 1.807) is 13.0 Å². The van der Waals surface area contributed by atoms with E-state index >= 15 is 0 Å². The molecule has 0 saturated carbocycles. The lowest BCUT2D eigenvalue weighted by Crippen LogP contribution is -2.10. The predicted octanol–water partition coefficient (Wildman–Crippen LogP) is 0.898. The van der Waals surface area contributed by atoms with Crippen LogP contribution in [0.25, 0.3) is 0 Å². The molecule has 0 bridgehead atoms. The van der Waals surface area contributed by atoms with Crippen LogP contribution in [0.15, 0.2) is 37.5 Å². The lowest BCUT2D eigenvalue weighted by atomic mass is 10.3. The number of carbonyl (C=O) groups is 2. The second-order valence-electron chi connectivity index (χ2n) is 2.16. The van der Waals surface area contributed by atoms with Crippen molar-refractivity contribution >= 4 is 11.8 Å². The SMILES string of the molecule is C=C(C)C(N)=O.C=CC.C=CC(N)=O. The van der Waals surface area contributed by atoms with Gasteiger partial charge in [0.2, 0.25) is 11.8 Å². The van der Waals surface area contributed by atoms with Crippen LogP contribution in [0, 0.1) is 0 Å². The number of nitrogens with two attached hydrogens (primary N) is 2. The maximum Gasteiger partial charge on any atom is 0.243 e. The average Bonchev–Trinajstić information content (AvgIpc) is 2.06. The highest BCUT2D eigenvalue weighted by atomic mass is 16.1.